The highest BCUT2D eigenvalue weighted by atomic mass is 35.5. The summed E-state index contributed by atoms with van der Waals surface area (Å²) in [6, 6.07) is 7.78. The zero-order valence-corrected chi connectivity index (χ0v) is 10.7. The van der Waals surface area contributed by atoms with Gasteiger partial charge in [0, 0.05) is 5.02 Å². The summed E-state index contributed by atoms with van der Waals surface area (Å²) in [4.78, 5) is 4.27. The summed E-state index contributed by atoms with van der Waals surface area (Å²) >= 11 is 10.5. The SMILES string of the molecule is NC(=S)c1ccc(Nc2ccc(Cl)cc2F)cn1. The van der Waals surface area contributed by atoms with Crippen LogP contribution in [-0.4, -0.2) is 9.97 Å². The summed E-state index contributed by atoms with van der Waals surface area (Å²) in [6.07, 6.45) is 1.53. The van der Waals surface area contributed by atoms with Crippen LogP contribution in [0.3, 0.4) is 0 Å². The fraction of sp³-hybridized carbons (Fsp3) is 0. The highest BCUT2D eigenvalue weighted by Gasteiger charge is 2.04. The number of thiocarbonyl (C=S) groups is 1. The number of pyridine rings is 1. The van der Waals surface area contributed by atoms with Gasteiger partial charge in [-0.2, -0.15) is 0 Å². The zero-order valence-electron chi connectivity index (χ0n) is 9.15. The van der Waals surface area contributed by atoms with Crippen LogP contribution in [0.1, 0.15) is 5.69 Å². The molecule has 0 aliphatic heterocycles. The third kappa shape index (κ3) is 2.94. The molecule has 0 spiro atoms. The van der Waals surface area contributed by atoms with Crippen molar-refractivity contribution in [3.05, 3.63) is 53.1 Å². The first kappa shape index (κ1) is 12.7. The number of rotatable bonds is 3. The van der Waals surface area contributed by atoms with Crippen molar-refractivity contribution in [1.82, 2.24) is 4.98 Å². The van der Waals surface area contributed by atoms with Crippen LogP contribution in [0.15, 0.2) is 36.5 Å². The Balaban J connectivity index is 2.21. The number of hydrogen-bond acceptors (Lipinski definition) is 3. The molecule has 0 amide bonds. The zero-order chi connectivity index (χ0) is 13.1. The molecule has 2 aromatic rings. The maximum atomic E-state index is 13.5. The van der Waals surface area contributed by atoms with Gasteiger partial charge in [0.2, 0.25) is 0 Å². The average Bonchev–Trinajstić information content (AvgIpc) is 2.33. The lowest BCUT2D eigenvalue weighted by Gasteiger charge is -2.07. The van der Waals surface area contributed by atoms with E-state index in [0.717, 1.165) is 0 Å². The Kier molecular flexibility index (Phi) is 3.74. The van der Waals surface area contributed by atoms with E-state index in [0.29, 0.717) is 22.1 Å². The van der Waals surface area contributed by atoms with Gasteiger partial charge < -0.3 is 11.1 Å². The van der Waals surface area contributed by atoms with E-state index in [1.165, 1.54) is 12.3 Å². The van der Waals surface area contributed by atoms with E-state index in [1.54, 1.807) is 24.3 Å². The van der Waals surface area contributed by atoms with Crippen molar-refractivity contribution >= 4 is 40.2 Å². The highest BCUT2D eigenvalue weighted by Crippen LogP contribution is 2.22. The number of hydrogen-bond donors (Lipinski definition) is 2. The number of nitrogens with one attached hydrogen (secondary N) is 1. The summed E-state index contributed by atoms with van der Waals surface area (Å²) in [5, 5.41) is 3.23. The Hall–Kier alpha value is -1.72. The molecular formula is C12H9ClFN3S. The van der Waals surface area contributed by atoms with Gasteiger partial charge in [-0.3, -0.25) is 4.98 Å². The van der Waals surface area contributed by atoms with E-state index in [-0.39, 0.29) is 4.99 Å². The van der Waals surface area contributed by atoms with E-state index in [1.807, 2.05) is 0 Å². The second-order valence-electron chi connectivity index (χ2n) is 3.55. The molecule has 0 radical (unpaired) electrons. The predicted molar refractivity (Wildman–Crippen MR) is 74.8 cm³/mol. The number of nitrogens with zero attached hydrogens (tertiary/aromatic N) is 1. The van der Waals surface area contributed by atoms with Crippen molar-refractivity contribution in [2.45, 2.75) is 0 Å². The molecular weight excluding hydrogens is 273 g/mol. The topological polar surface area (TPSA) is 50.9 Å². The van der Waals surface area contributed by atoms with E-state index in [4.69, 9.17) is 29.6 Å². The fourth-order valence-corrected chi connectivity index (χ4v) is 1.64. The van der Waals surface area contributed by atoms with Gasteiger partial charge in [-0.05, 0) is 30.3 Å². The Labute approximate surface area is 114 Å². The van der Waals surface area contributed by atoms with Gasteiger partial charge in [-0.15, -0.1) is 0 Å². The molecule has 0 aliphatic rings. The Morgan fingerprint density at radius 3 is 2.67 bits per heavy atom. The van der Waals surface area contributed by atoms with Gasteiger partial charge in [-0.1, -0.05) is 23.8 Å². The van der Waals surface area contributed by atoms with Gasteiger partial charge in [0.05, 0.1) is 23.3 Å². The van der Waals surface area contributed by atoms with Crippen molar-refractivity contribution in [3.63, 3.8) is 0 Å². The monoisotopic (exact) mass is 281 g/mol. The van der Waals surface area contributed by atoms with Crippen LogP contribution in [0.5, 0.6) is 0 Å². The van der Waals surface area contributed by atoms with Gasteiger partial charge in [0.1, 0.15) is 10.8 Å². The quantitative estimate of drug-likeness (QED) is 0.848. The van der Waals surface area contributed by atoms with Crippen molar-refractivity contribution in [1.29, 1.82) is 0 Å². The lowest BCUT2D eigenvalue weighted by Crippen LogP contribution is -2.11. The van der Waals surface area contributed by atoms with Crippen LogP contribution >= 0.6 is 23.8 Å². The van der Waals surface area contributed by atoms with Crippen molar-refractivity contribution < 1.29 is 4.39 Å². The average molecular weight is 282 g/mol. The van der Waals surface area contributed by atoms with Crippen LogP contribution in [0.4, 0.5) is 15.8 Å². The van der Waals surface area contributed by atoms with E-state index >= 15 is 0 Å². The van der Waals surface area contributed by atoms with Gasteiger partial charge in [0.25, 0.3) is 0 Å². The molecule has 0 atom stereocenters. The molecule has 1 heterocycles. The summed E-state index contributed by atoms with van der Waals surface area (Å²) in [6.45, 7) is 0. The lowest BCUT2D eigenvalue weighted by molar-refractivity contribution is 0.632. The molecule has 2 rings (SSSR count). The molecule has 92 valence electrons. The molecule has 0 bridgehead atoms. The number of aromatic nitrogens is 1. The minimum absolute atomic E-state index is 0.222. The van der Waals surface area contributed by atoms with Crippen molar-refractivity contribution in [2.24, 2.45) is 5.73 Å². The second kappa shape index (κ2) is 5.29. The molecule has 1 aromatic heterocycles. The molecule has 1 aromatic carbocycles. The van der Waals surface area contributed by atoms with Gasteiger partial charge in [0.15, 0.2) is 0 Å². The summed E-state index contributed by atoms with van der Waals surface area (Å²) in [5.74, 6) is -0.430. The van der Waals surface area contributed by atoms with E-state index in [9.17, 15) is 4.39 Å². The first-order valence-electron chi connectivity index (χ1n) is 5.04. The predicted octanol–water partition coefficient (Wildman–Crippen LogP) is 3.25. The van der Waals surface area contributed by atoms with Crippen molar-refractivity contribution in [3.8, 4) is 0 Å². The lowest BCUT2D eigenvalue weighted by atomic mass is 10.2. The fourth-order valence-electron chi connectivity index (χ4n) is 1.36. The minimum Gasteiger partial charge on any atom is -0.388 e. The van der Waals surface area contributed by atoms with Crippen molar-refractivity contribution in [2.75, 3.05) is 5.32 Å². The normalized spacial score (nSPS) is 10.1. The van der Waals surface area contributed by atoms with E-state index < -0.39 is 5.82 Å². The largest absolute Gasteiger partial charge is 0.388 e. The molecule has 6 heteroatoms. The molecule has 3 nitrogen and oxygen atoms in total. The molecule has 0 aliphatic carbocycles. The summed E-state index contributed by atoms with van der Waals surface area (Å²) < 4.78 is 13.5. The molecule has 3 N–H and O–H groups in total. The Morgan fingerprint density at radius 1 is 1.33 bits per heavy atom. The molecule has 0 fully saturated rings. The smallest absolute Gasteiger partial charge is 0.148 e. The summed E-state index contributed by atoms with van der Waals surface area (Å²) in [7, 11) is 0. The van der Waals surface area contributed by atoms with Crippen LogP contribution in [0, 0.1) is 5.82 Å². The van der Waals surface area contributed by atoms with Gasteiger partial charge >= 0.3 is 0 Å². The molecule has 0 saturated heterocycles. The number of anilines is 2. The first-order valence-corrected chi connectivity index (χ1v) is 5.83. The number of halogens is 2. The standard InChI is InChI=1S/C12H9ClFN3S/c13-7-1-3-10(9(14)5-7)17-8-2-4-11(12(15)18)16-6-8/h1-6,17H,(H2,15,18). The Morgan fingerprint density at radius 2 is 2.11 bits per heavy atom. The number of benzene rings is 1. The third-order valence-corrected chi connectivity index (χ3v) is 2.67. The summed E-state index contributed by atoms with van der Waals surface area (Å²) in [5.41, 5.74) is 6.91. The van der Waals surface area contributed by atoms with Crippen LogP contribution in [-0.2, 0) is 0 Å². The van der Waals surface area contributed by atoms with Crippen LogP contribution in [0.2, 0.25) is 5.02 Å². The molecule has 0 unspecified atom stereocenters. The second-order valence-corrected chi connectivity index (χ2v) is 4.42. The third-order valence-electron chi connectivity index (χ3n) is 2.23. The Bertz CT molecular complexity index is 586. The first-order chi connectivity index (χ1) is 8.56. The van der Waals surface area contributed by atoms with Crippen LogP contribution < -0.4 is 11.1 Å². The van der Waals surface area contributed by atoms with Crippen LogP contribution in [0.25, 0.3) is 0 Å². The number of nitrogens with two attached hydrogens (primary N) is 1. The maximum absolute atomic E-state index is 13.5. The molecule has 0 saturated carbocycles. The highest BCUT2D eigenvalue weighted by molar-refractivity contribution is 7.80. The molecule has 18 heavy (non-hydrogen) atoms. The maximum Gasteiger partial charge on any atom is 0.148 e. The minimum atomic E-state index is -0.430. The van der Waals surface area contributed by atoms with E-state index in [2.05, 4.69) is 10.3 Å². The van der Waals surface area contributed by atoms with Gasteiger partial charge in [-0.25, -0.2) is 4.39 Å².